The molecule has 1 aromatic heterocycles. The third-order valence-electron chi connectivity index (χ3n) is 2.25. The molecule has 0 aliphatic rings. The number of aliphatic hydroxyl groups excluding tert-OH is 1. The van der Waals surface area contributed by atoms with Gasteiger partial charge in [0.15, 0.2) is 0 Å². The van der Waals surface area contributed by atoms with Gasteiger partial charge in [-0.1, -0.05) is 0 Å². The van der Waals surface area contributed by atoms with Crippen molar-refractivity contribution in [3.8, 4) is 6.07 Å². The van der Waals surface area contributed by atoms with Crippen molar-refractivity contribution in [2.24, 2.45) is 0 Å². The van der Waals surface area contributed by atoms with Gasteiger partial charge in [-0.15, -0.1) is 0 Å². The van der Waals surface area contributed by atoms with Crippen molar-refractivity contribution in [3.05, 3.63) is 27.9 Å². The number of nitriles is 1. The lowest BCUT2D eigenvalue weighted by Gasteiger charge is -2.23. The SMILES string of the molecule is N#Cc1ccnc(N(CCO)CC(F)(F)F)c1[N+](=O)[O-]. The second-order valence-corrected chi connectivity index (χ2v) is 3.66. The Balaban J connectivity index is 3.33. The normalized spacial score (nSPS) is 10.9. The molecule has 0 radical (unpaired) electrons. The van der Waals surface area contributed by atoms with Crippen LogP contribution in [0, 0.1) is 21.4 Å². The summed E-state index contributed by atoms with van der Waals surface area (Å²) in [6, 6.07) is 2.56. The topological polar surface area (TPSA) is 103 Å². The maximum Gasteiger partial charge on any atom is 0.405 e. The van der Waals surface area contributed by atoms with Gasteiger partial charge in [0.1, 0.15) is 18.2 Å². The van der Waals surface area contributed by atoms with Crippen LogP contribution in [0.15, 0.2) is 12.3 Å². The molecule has 0 unspecified atom stereocenters. The highest BCUT2D eigenvalue weighted by atomic mass is 19.4. The highest BCUT2D eigenvalue weighted by Gasteiger charge is 2.34. The summed E-state index contributed by atoms with van der Waals surface area (Å²) in [4.78, 5) is 14.0. The number of aliphatic hydroxyl groups is 1. The minimum Gasteiger partial charge on any atom is -0.395 e. The fourth-order valence-electron chi connectivity index (χ4n) is 1.54. The molecule has 1 heterocycles. The van der Waals surface area contributed by atoms with Crippen LogP contribution >= 0.6 is 0 Å². The molecule has 0 amide bonds. The van der Waals surface area contributed by atoms with Crippen LogP contribution in [0.25, 0.3) is 0 Å². The summed E-state index contributed by atoms with van der Waals surface area (Å²) in [5.41, 5.74) is -1.21. The Morgan fingerprint density at radius 3 is 2.65 bits per heavy atom. The van der Waals surface area contributed by atoms with Crippen LogP contribution in [-0.2, 0) is 0 Å². The van der Waals surface area contributed by atoms with E-state index in [4.69, 9.17) is 10.4 Å². The highest BCUT2D eigenvalue weighted by molar-refractivity contribution is 5.65. The fourth-order valence-corrected chi connectivity index (χ4v) is 1.54. The van der Waals surface area contributed by atoms with Crippen molar-refractivity contribution in [1.82, 2.24) is 4.98 Å². The Morgan fingerprint density at radius 1 is 1.55 bits per heavy atom. The first-order valence-corrected chi connectivity index (χ1v) is 5.26. The predicted molar refractivity (Wildman–Crippen MR) is 61.0 cm³/mol. The van der Waals surface area contributed by atoms with Gasteiger partial charge in [0.25, 0.3) is 0 Å². The van der Waals surface area contributed by atoms with E-state index in [9.17, 15) is 23.3 Å². The molecule has 0 saturated heterocycles. The molecule has 0 saturated carbocycles. The van der Waals surface area contributed by atoms with E-state index in [1.54, 1.807) is 0 Å². The predicted octanol–water partition coefficient (Wildman–Crippen LogP) is 1.22. The molecular formula is C10H9F3N4O3. The lowest BCUT2D eigenvalue weighted by molar-refractivity contribution is -0.384. The molecule has 1 aromatic rings. The number of hydrogen-bond acceptors (Lipinski definition) is 6. The molecule has 0 spiro atoms. The van der Waals surface area contributed by atoms with Crippen LogP contribution in [0.2, 0.25) is 0 Å². The standard InChI is InChI=1S/C10H9F3N4O3/c11-10(12,13)6-16(3-4-18)9-8(17(19)20)7(5-14)1-2-15-9/h1-2,18H,3-4,6H2. The first-order chi connectivity index (χ1) is 9.30. The summed E-state index contributed by atoms with van der Waals surface area (Å²) >= 11 is 0. The number of anilines is 1. The molecule has 0 aliphatic carbocycles. The zero-order valence-electron chi connectivity index (χ0n) is 9.96. The second kappa shape index (κ2) is 6.16. The summed E-state index contributed by atoms with van der Waals surface area (Å²) in [5, 5.41) is 28.5. The van der Waals surface area contributed by atoms with Crippen molar-refractivity contribution in [3.63, 3.8) is 0 Å². The minimum absolute atomic E-state index is 0.398. The van der Waals surface area contributed by atoms with E-state index in [0.717, 1.165) is 12.3 Å². The summed E-state index contributed by atoms with van der Waals surface area (Å²) in [6.07, 6.45) is -3.63. The van der Waals surface area contributed by atoms with E-state index >= 15 is 0 Å². The molecule has 1 N–H and O–H groups in total. The Morgan fingerprint density at radius 2 is 2.20 bits per heavy atom. The van der Waals surface area contributed by atoms with Crippen molar-refractivity contribution < 1.29 is 23.2 Å². The van der Waals surface area contributed by atoms with Gasteiger partial charge in [0.2, 0.25) is 5.82 Å². The number of aromatic nitrogens is 1. The maximum atomic E-state index is 12.4. The van der Waals surface area contributed by atoms with Crippen LogP contribution in [0.4, 0.5) is 24.7 Å². The smallest absolute Gasteiger partial charge is 0.395 e. The lowest BCUT2D eigenvalue weighted by Crippen LogP contribution is -2.37. The van der Waals surface area contributed by atoms with Gasteiger partial charge in [0.05, 0.1) is 11.5 Å². The Labute approximate surface area is 111 Å². The number of nitrogens with zero attached hydrogens (tertiary/aromatic N) is 4. The lowest BCUT2D eigenvalue weighted by atomic mass is 10.2. The maximum absolute atomic E-state index is 12.4. The van der Waals surface area contributed by atoms with Gasteiger partial charge < -0.3 is 10.0 Å². The Bertz CT molecular complexity index is 542. The third-order valence-corrected chi connectivity index (χ3v) is 2.25. The van der Waals surface area contributed by atoms with Crippen LogP contribution in [0.3, 0.4) is 0 Å². The quantitative estimate of drug-likeness (QED) is 0.646. The van der Waals surface area contributed by atoms with Crippen LogP contribution < -0.4 is 4.90 Å². The molecule has 0 atom stereocenters. The molecule has 7 nitrogen and oxygen atoms in total. The summed E-state index contributed by atoms with van der Waals surface area (Å²) in [7, 11) is 0. The van der Waals surface area contributed by atoms with Crippen molar-refractivity contribution >= 4 is 11.5 Å². The van der Waals surface area contributed by atoms with Gasteiger partial charge in [0, 0.05) is 12.7 Å². The highest BCUT2D eigenvalue weighted by Crippen LogP contribution is 2.30. The molecule has 20 heavy (non-hydrogen) atoms. The summed E-state index contributed by atoms with van der Waals surface area (Å²) in [6.45, 7) is -2.66. The van der Waals surface area contributed by atoms with Crippen LogP contribution in [0.5, 0.6) is 0 Å². The number of pyridine rings is 1. The number of hydrogen-bond donors (Lipinski definition) is 1. The van der Waals surface area contributed by atoms with E-state index in [0.29, 0.717) is 4.90 Å². The Hall–Kier alpha value is -2.41. The van der Waals surface area contributed by atoms with E-state index in [1.165, 1.54) is 6.07 Å². The molecule has 0 aliphatic heterocycles. The molecular weight excluding hydrogens is 281 g/mol. The number of nitro groups is 1. The first kappa shape index (κ1) is 15.6. The van der Waals surface area contributed by atoms with Gasteiger partial charge >= 0.3 is 11.9 Å². The van der Waals surface area contributed by atoms with Crippen LogP contribution in [-0.4, -0.2) is 40.9 Å². The second-order valence-electron chi connectivity index (χ2n) is 3.66. The summed E-state index contributed by atoms with van der Waals surface area (Å²) < 4.78 is 37.3. The van der Waals surface area contributed by atoms with E-state index < -0.39 is 47.9 Å². The number of alkyl halides is 3. The van der Waals surface area contributed by atoms with E-state index in [2.05, 4.69) is 4.98 Å². The molecule has 108 valence electrons. The molecule has 0 fully saturated rings. The van der Waals surface area contributed by atoms with E-state index in [-0.39, 0.29) is 0 Å². The molecule has 10 heteroatoms. The number of halogens is 3. The third kappa shape index (κ3) is 3.79. The number of rotatable bonds is 5. The molecule has 1 rings (SSSR count). The Kier molecular flexibility index (Phi) is 4.82. The van der Waals surface area contributed by atoms with E-state index in [1.807, 2.05) is 0 Å². The average Bonchev–Trinajstić information content (AvgIpc) is 2.35. The molecule has 0 bridgehead atoms. The van der Waals surface area contributed by atoms with Gasteiger partial charge in [-0.25, -0.2) is 4.98 Å². The first-order valence-electron chi connectivity index (χ1n) is 5.26. The largest absolute Gasteiger partial charge is 0.405 e. The van der Waals surface area contributed by atoms with Crippen molar-refractivity contribution in [2.75, 3.05) is 24.6 Å². The fraction of sp³-hybridized carbons (Fsp3) is 0.400. The van der Waals surface area contributed by atoms with Crippen molar-refractivity contribution in [2.45, 2.75) is 6.18 Å². The molecule has 0 aromatic carbocycles. The summed E-state index contributed by atoms with van der Waals surface area (Å²) in [5.74, 6) is -0.597. The van der Waals surface area contributed by atoms with Crippen LogP contribution in [0.1, 0.15) is 5.56 Å². The van der Waals surface area contributed by atoms with Gasteiger partial charge in [-0.3, -0.25) is 10.1 Å². The minimum atomic E-state index is -4.63. The zero-order chi connectivity index (χ0) is 15.3. The monoisotopic (exact) mass is 290 g/mol. The zero-order valence-corrected chi connectivity index (χ0v) is 9.96. The average molecular weight is 290 g/mol. The van der Waals surface area contributed by atoms with Gasteiger partial charge in [-0.05, 0) is 6.07 Å². The van der Waals surface area contributed by atoms with Gasteiger partial charge in [-0.2, -0.15) is 18.4 Å². The van der Waals surface area contributed by atoms with Crippen molar-refractivity contribution in [1.29, 1.82) is 5.26 Å².